The number of carbonyl (C=O) groups excluding carboxylic acids is 1. The van der Waals surface area contributed by atoms with Crippen LogP contribution in [0.5, 0.6) is 5.75 Å². The molecule has 0 unspecified atom stereocenters. The predicted octanol–water partition coefficient (Wildman–Crippen LogP) is 2.60. The molecule has 0 aliphatic carbocycles. The van der Waals surface area contributed by atoms with E-state index in [1.807, 2.05) is 0 Å². The Bertz CT molecular complexity index is 673. The van der Waals surface area contributed by atoms with E-state index in [0.717, 1.165) is 12.1 Å². The summed E-state index contributed by atoms with van der Waals surface area (Å²) >= 11 is 3.97. The van der Waals surface area contributed by atoms with Gasteiger partial charge in [-0.2, -0.15) is 30.9 Å². The molecule has 2 aromatic rings. The first-order valence-electron chi connectivity index (χ1n) is 6.63. The van der Waals surface area contributed by atoms with Crippen molar-refractivity contribution >= 4 is 18.5 Å². The molecule has 9 heteroatoms. The minimum atomic E-state index is -4.43. The predicted molar refractivity (Wildman–Crippen MR) is 80.5 cm³/mol. The number of thiol groups is 1. The van der Waals surface area contributed by atoms with Crippen molar-refractivity contribution < 1.29 is 22.7 Å². The van der Waals surface area contributed by atoms with Crippen LogP contribution in [-0.2, 0) is 12.9 Å². The second kappa shape index (κ2) is 7.40. The maximum absolute atomic E-state index is 12.6. The van der Waals surface area contributed by atoms with Gasteiger partial charge in [0.15, 0.2) is 6.73 Å². The molecular weight excluding hydrogens is 331 g/mol. The lowest BCUT2D eigenvalue weighted by molar-refractivity contribution is -0.137. The number of carbonyl (C=O) groups is 1. The first-order chi connectivity index (χ1) is 10.9. The smallest absolute Gasteiger partial charge is 0.416 e. The van der Waals surface area contributed by atoms with E-state index < -0.39 is 11.7 Å². The molecule has 1 aromatic heterocycles. The minimum absolute atomic E-state index is 0.0661. The van der Waals surface area contributed by atoms with Gasteiger partial charge in [0, 0.05) is 18.5 Å². The van der Waals surface area contributed by atoms with Gasteiger partial charge in [0.1, 0.15) is 11.4 Å². The number of amides is 1. The Hall–Kier alpha value is -2.16. The van der Waals surface area contributed by atoms with E-state index in [2.05, 4.69) is 23.0 Å². The molecule has 0 aliphatic rings. The summed E-state index contributed by atoms with van der Waals surface area (Å²) in [7, 11) is 0. The molecule has 1 amide bonds. The van der Waals surface area contributed by atoms with E-state index >= 15 is 0 Å². The Labute approximate surface area is 135 Å². The van der Waals surface area contributed by atoms with E-state index in [1.165, 1.54) is 29.1 Å². The van der Waals surface area contributed by atoms with E-state index in [9.17, 15) is 18.0 Å². The number of benzene rings is 1. The maximum Gasteiger partial charge on any atom is 0.416 e. The number of hydrogen-bond acceptors (Lipinski definition) is 4. The summed E-state index contributed by atoms with van der Waals surface area (Å²) in [4.78, 5) is 11.7. The monoisotopic (exact) mass is 345 g/mol. The molecule has 0 bridgehead atoms. The molecule has 1 heterocycles. The third-order valence-electron chi connectivity index (χ3n) is 2.80. The molecule has 124 valence electrons. The van der Waals surface area contributed by atoms with Crippen LogP contribution < -0.4 is 10.1 Å². The number of nitrogens with one attached hydrogen (secondary N) is 1. The van der Waals surface area contributed by atoms with Gasteiger partial charge in [-0.25, -0.2) is 4.68 Å². The van der Waals surface area contributed by atoms with E-state index in [1.54, 1.807) is 0 Å². The second-order valence-corrected chi connectivity index (χ2v) is 4.97. The quantitative estimate of drug-likeness (QED) is 0.792. The van der Waals surface area contributed by atoms with Crippen molar-refractivity contribution in [1.29, 1.82) is 0 Å². The summed E-state index contributed by atoms with van der Waals surface area (Å²) in [5.74, 6) is 0.221. The van der Waals surface area contributed by atoms with Crippen LogP contribution in [0, 0.1) is 0 Å². The van der Waals surface area contributed by atoms with Crippen molar-refractivity contribution in [2.24, 2.45) is 0 Å². The minimum Gasteiger partial charge on any atom is -0.471 e. The summed E-state index contributed by atoms with van der Waals surface area (Å²) in [6, 6.07) is 6.04. The van der Waals surface area contributed by atoms with Crippen molar-refractivity contribution in [1.82, 2.24) is 15.1 Å². The summed E-state index contributed by atoms with van der Waals surface area (Å²) in [6.07, 6.45) is -2.92. The number of rotatable bonds is 6. The molecule has 0 radical (unpaired) electrons. The first kappa shape index (κ1) is 17.2. The number of halogens is 3. The van der Waals surface area contributed by atoms with Crippen molar-refractivity contribution in [3.05, 3.63) is 47.8 Å². The van der Waals surface area contributed by atoms with Crippen LogP contribution in [0.4, 0.5) is 13.2 Å². The molecule has 23 heavy (non-hydrogen) atoms. The van der Waals surface area contributed by atoms with Gasteiger partial charge >= 0.3 is 6.18 Å². The maximum atomic E-state index is 12.6. The average molecular weight is 345 g/mol. The van der Waals surface area contributed by atoms with Gasteiger partial charge in [0.25, 0.3) is 5.91 Å². The van der Waals surface area contributed by atoms with Crippen molar-refractivity contribution in [3.8, 4) is 5.75 Å². The van der Waals surface area contributed by atoms with Gasteiger partial charge in [-0.15, -0.1) is 0 Å². The fraction of sp³-hybridized carbons (Fsp3) is 0.286. The van der Waals surface area contributed by atoms with Crippen LogP contribution >= 0.6 is 12.6 Å². The molecule has 1 aromatic carbocycles. The lowest BCUT2D eigenvalue weighted by Crippen LogP contribution is -2.26. The number of alkyl halides is 3. The molecule has 0 saturated carbocycles. The molecule has 0 aliphatic heterocycles. The van der Waals surface area contributed by atoms with Gasteiger partial charge in [-0.3, -0.25) is 4.79 Å². The highest BCUT2D eigenvalue weighted by Gasteiger charge is 2.30. The highest BCUT2D eigenvalue weighted by atomic mass is 32.1. The molecule has 0 spiro atoms. The largest absolute Gasteiger partial charge is 0.471 e. The van der Waals surface area contributed by atoms with Crippen LogP contribution in [0.2, 0.25) is 0 Å². The highest BCUT2D eigenvalue weighted by molar-refractivity contribution is 7.80. The SMILES string of the molecule is O=C(NCCS)c1ccn(COc2cccc(C(F)(F)F)c2)n1. The molecular formula is C14H14F3N3O2S. The zero-order chi connectivity index (χ0) is 16.9. The molecule has 2 rings (SSSR count). The molecule has 0 saturated heterocycles. The van der Waals surface area contributed by atoms with Crippen LogP contribution in [0.25, 0.3) is 0 Å². The third kappa shape index (κ3) is 4.92. The molecule has 5 nitrogen and oxygen atoms in total. The van der Waals surface area contributed by atoms with E-state index in [-0.39, 0.29) is 24.1 Å². The number of hydrogen-bond donors (Lipinski definition) is 2. The van der Waals surface area contributed by atoms with Crippen LogP contribution in [0.15, 0.2) is 36.5 Å². The fourth-order valence-electron chi connectivity index (χ4n) is 1.72. The normalized spacial score (nSPS) is 11.3. The Morgan fingerprint density at radius 1 is 1.35 bits per heavy atom. The van der Waals surface area contributed by atoms with Crippen LogP contribution in [0.3, 0.4) is 0 Å². The van der Waals surface area contributed by atoms with Crippen molar-refractivity contribution in [2.75, 3.05) is 12.3 Å². The number of ether oxygens (including phenoxy) is 1. The second-order valence-electron chi connectivity index (χ2n) is 4.52. The van der Waals surface area contributed by atoms with Gasteiger partial charge in [0.2, 0.25) is 0 Å². The highest BCUT2D eigenvalue weighted by Crippen LogP contribution is 2.31. The summed E-state index contributed by atoms with van der Waals surface area (Å²) in [5, 5.41) is 6.58. The van der Waals surface area contributed by atoms with Crippen molar-refractivity contribution in [3.63, 3.8) is 0 Å². The van der Waals surface area contributed by atoms with Gasteiger partial charge in [0.05, 0.1) is 5.56 Å². The Morgan fingerprint density at radius 2 is 2.13 bits per heavy atom. The summed E-state index contributed by atoms with van der Waals surface area (Å²) < 4.78 is 44.4. The number of aromatic nitrogens is 2. The zero-order valence-electron chi connectivity index (χ0n) is 11.9. The molecule has 1 N–H and O–H groups in total. The molecule has 0 atom stereocenters. The third-order valence-corrected chi connectivity index (χ3v) is 3.02. The first-order valence-corrected chi connectivity index (χ1v) is 7.26. The van der Waals surface area contributed by atoms with Gasteiger partial charge < -0.3 is 10.1 Å². The molecule has 0 fully saturated rings. The summed E-state index contributed by atoms with van der Waals surface area (Å²) in [5.41, 5.74) is -0.596. The lowest BCUT2D eigenvalue weighted by Gasteiger charge is -2.10. The standard InChI is InChI=1S/C14H14F3N3O2S/c15-14(16,17)10-2-1-3-11(8-10)22-9-20-6-4-12(19-20)13(21)18-5-7-23/h1-4,6,8,23H,5,7,9H2,(H,18,21). The Balaban J connectivity index is 1.96. The Kier molecular flexibility index (Phi) is 5.54. The van der Waals surface area contributed by atoms with Crippen molar-refractivity contribution in [2.45, 2.75) is 12.9 Å². The van der Waals surface area contributed by atoms with E-state index in [4.69, 9.17) is 4.74 Å². The summed E-state index contributed by atoms with van der Waals surface area (Å²) in [6.45, 7) is 0.302. The average Bonchev–Trinajstić information content (AvgIpc) is 2.99. The fourth-order valence-corrected chi connectivity index (χ4v) is 1.83. The Morgan fingerprint density at radius 3 is 2.83 bits per heavy atom. The van der Waals surface area contributed by atoms with E-state index in [0.29, 0.717) is 12.3 Å². The number of nitrogens with zero attached hydrogens (tertiary/aromatic N) is 2. The lowest BCUT2D eigenvalue weighted by atomic mass is 10.2. The zero-order valence-corrected chi connectivity index (χ0v) is 12.8. The van der Waals surface area contributed by atoms with Crippen LogP contribution in [-0.4, -0.2) is 28.0 Å². The topological polar surface area (TPSA) is 56.2 Å². The van der Waals surface area contributed by atoms with Gasteiger partial charge in [-0.1, -0.05) is 6.07 Å². The van der Waals surface area contributed by atoms with Gasteiger partial charge in [-0.05, 0) is 24.3 Å². The van der Waals surface area contributed by atoms with Crippen LogP contribution in [0.1, 0.15) is 16.1 Å².